The second kappa shape index (κ2) is 6.13. The molecule has 0 aliphatic rings. The van der Waals surface area contributed by atoms with E-state index in [0.717, 1.165) is 17.2 Å². The average molecular weight is 251 g/mol. The fourth-order valence-corrected chi connectivity index (χ4v) is 1.36. The topological polar surface area (TPSA) is 47.3 Å². The molecule has 4 heteroatoms. The van der Waals surface area contributed by atoms with Gasteiger partial charge >= 0.3 is 0 Å². The minimum Gasteiger partial charge on any atom is -0.457 e. The van der Waals surface area contributed by atoms with E-state index in [-0.39, 0.29) is 12.4 Å². The lowest BCUT2D eigenvalue weighted by molar-refractivity contribution is 0.482. The first kappa shape index (κ1) is 13.4. The second-order valence-corrected chi connectivity index (χ2v) is 3.58. The van der Waals surface area contributed by atoms with Gasteiger partial charge in [0, 0.05) is 5.69 Å². The first-order valence-corrected chi connectivity index (χ1v) is 5.09. The van der Waals surface area contributed by atoms with Crippen LogP contribution in [0.1, 0.15) is 5.56 Å². The number of anilines is 1. The van der Waals surface area contributed by atoms with Gasteiger partial charge in [0.05, 0.1) is 0 Å². The van der Waals surface area contributed by atoms with Crippen molar-refractivity contribution in [2.75, 3.05) is 5.43 Å². The third kappa shape index (κ3) is 3.66. The Bertz CT molecular complexity index is 454. The summed E-state index contributed by atoms with van der Waals surface area (Å²) in [5, 5.41) is 0. The predicted octanol–water partition coefficient (Wildman–Crippen LogP) is 3.49. The summed E-state index contributed by atoms with van der Waals surface area (Å²) >= 11 is 0. The van der Waals surface area contributed by atoms with E-state index >= 15 is 0 Å². The zero-order valence-electron chi connectivity index (χ0n) is 9.51. The summed E-state index contributed by atoms with van der Waals surface area (Å²) < 4.78 is 5.66. The van der Waals surface area contributed by atoms with Crippen LogP contribution < -0.4 is 16.0 Å². The van der Waals surface area contributed by atoms with Gasteiger partial charge in [0.2, 0.25) is 0 Å². The maximum atomic E-state index is 5.66. The monoisotopic (exact) mass is 250 g/mol. The Morgan fingerprint density at radius 1 is 0.882 bits per heavy atom. The first-order chi connectivity index (χ1) is 7.78. The molecule has 0 saturated carbocycles. The van der Waals surface area contributed by atoms with Gasteiger partial charge in [-0.05, 0) is 43.3 Å². The molecule has 2 aromatic carbocycles. The number of ether oxygens (including phenoxy) is 1. The fourth-order valence-electron chi connectivity index (χ4n) is 1.36. The minimum atomic E-state index is 0. The van der Waals surface area contributed by atoms with Crippen molar-refractivity contribution in [3.63, 3.8) is 0 Å². The Morgan fingerprint density at radius 2 is 1.35 bits per heavy atom. The number of halogens is 1. The highest BCUT2D eigenvalue weighted by Gasteiger charge is 1.96. The highest BCUT2D eigenvalue weighted by atomic mass is 35.5. The third-order valence-electron chi connectivity index (χ3n) is 2.28. The van der Waals surface area contributed by atoms with Gasteiger partial charge in [-0.1, -0.05) is 17.7 Å². The average Bonchev–Trinajstić information content (AvgIpc) is 2.33. The molecule has 2 aromatic rings. The molecule has 0 aliphatic carbocycles. The van der Waals surface area contributed by atoms with Crippen LogP contribution in [0.5, 0.6) is 11.5 Å². The highest BCUT2D eigenvalue weighted by molar-refractivity contribution is 5.85. The minimum absolute atomic E-state index is 0. The summed E-state index contributed by atoms with van der Waals surface area (Å²) in [6, 6.07) is 15.4. The van der Waals surface area contributed by atoms with Gasteiger partial charge in [-0.25, -0.2) is 0 Å². The number of nitrogens with one attached hydrogen (secondary N) is 1. The van der Waals surface area contributed by atoms with E-state index < -0.39 is 0 Å². The number of hydrazine groups is 1. The van der Waals surface area contributed by atoms with E-state index in [1.165, 1.54) is 5.56 Å². The Kier molecular flexibility index (Phi) is 4.82. The molecule has 0 fully saturated rings. The molecule has 0 aliphatic heterocycles. The zero-order chi connectivity index (χ0) is 11.4. The van der Waals surface area contributed by atoms with Crippen LogP contribution in [-0.2, 0) is 0 Å². The SMILES string of the molecule is Cc1ccc(Oc2ccc(NN)cc2)cc1.Cl. The van der Waals surface area contributed by atoms with Crippen LogP contribution in [-0.4, -0.2) is 0 Å². The molecule has 3 N–H and O–H groups in total. The molecule has 2 rings (SSSR count). The Hall–Kier alpha value is -1.71. The molecule has 0 bridgehead atoms. The van der Waals surface area contributed by atoms with Gasteiger partial charge in [-0.2, -0.15) is 0 Å². The van der Waals surface area contributed by atoms with Crippen molar-refractivity contribution in [3.05, 3.63) is 54.1 Å². The summed E-state index contributed by atoms with van der Waals surface area (Å²) in [4.78, 5) is 0. The zero-order valence-corrected chi connectivity index (χ0v) is 10.3. The van der Waals surface area contributed by atoms with E-state index in [0.29, 0.717) is 0 Å². The van der Waals surface area contributed by atoms with E-state index in [1.54, 1.807) is 0 Å². The standard InChI is InChI=1S/C13H14N2O.ClH/c1-10-2-6-12(7-3-10)16-13-8-4-11(15-14)5-9-13;/h2-9,15H,14H2,1H3;1H. The van der Waals surface area contributed by atoms with Crippen molar-refractivity contribution in [1.29, 1.82) is 0 Å². The molecule has 0 unspecified atom stereocenters. The van der Waals surface area contributed by atoms with Crippen LogP contribution in [0.4, 0.5) is 5.69 Å². The normalized spacial score (nSPS) is 9.29. The van der Waals surface area contributed by atoms with Gasteiger partial charge in [0.15, 0.2) is 0 Å². The Labute approximate surface area is 107 Å². The molecule has 0 atom stereocenters. The summed E-state index contributed by atoms with van der Waals surface area (Å²) in [5.41, 5.74) is 4.65. The third-order valence-corrected chi connectivity index (χ3v) is 2.28. The van der Waals surface area contributed by atoms with Crippen LogP contribution in [0.15, 0.2) is 48.5 Å². The fraction of sp³-hybridized carbons (Fsp3) is 0.0769. The lowest BCUT2D eigenvalue weighted by Crippen LogP contribution is -2.05. The maximum Gasteiger partial charge on any atom is 0.127 e. The van der Waals surface area contributed by atoms with Crippen molar-refractivity contribution in [2.24, 2.45) is 5.84 Å². The number of hydrogen-bond donors (Lipinski definition) is 2. The van der Waals surface area contributed by atoms with Crippen molar-refractivity contribution >= 4 is 18.1 Å². The Morgan fingerprint density at radius 3 is 1.82 bits per heavy atom. The number of benzene rings is 2. The van der Waals surface area contributed by atoms with Crippen molar-refractivity contribution in [2.45, 2.75) is 6.92 Å². The summed E-state index contributed by atoms with van der Waals surface area (Å²) in [6.45, 7) is 2.05. The molecule has 0 radical (unpaired) electrons. The van der Waals surface area contributed by atoms with Crippen LogP contribution >= 0.6 is 12.4 Å². The molecule has 3 nitrogen and oxygen atoms in total. The molecule has 0 spiro atoms. The predicted molar refractivity (Wildman–Crippen MR) is 72.8 cm³/mol. The van der Waals surface area contributed by atoms with E-state index in [9.17, 15) is 0 Å². The molecule has 17 heavy (non-hydrogen) atoms. The number of nitrogens with two attached hydrogens (primary N) is 1. The van der Waals surface area contributed by atoms with Gasteiger partial charge in [0.25, 0.3) is 0 Å². The summed E-state index contributed by atoms with van der Waals surface area (Å²) in [6.07, 6.45) is 0. The van der Waals surface area contributed by atoms with E-state index in [1.807, 2.05) is 55.5 Å². The molecular formula is C13H15ClN2O. The van der Waals surface area contributed by atoms with Crippen molar-refractivity contribution in [1.82, 2.24) is 0 Å². The molecule has 0 aromatic heterocycles. The summed E-state index contributed by atoms with van der Waals surface area (Å²) in [7, 11) is 0. The second-order valence-electron chi connectivity index (χ2n) is 3.58. The van der Waals surface area contributed by atoms with Crippen LogP contribution in [0.3, 0.4) is 0 Å². The van der Waals surface area contributed by atoms with Crippen LogP contribution in [0.2, 0.25) is 0 Å². The van der Waals surface area contributed by atoms with E-state index in [2.05, 4.69) is 5.43 Å². The van der Waals surface area contributed by atoms with Gasteiger partial charge < -0.3 is 10.2 Å². The number of hydrogen-bond acceptors (Lipinski definition) is 3. The lowest BCUT2D eigenvalue weighted by atomic mass is 10.2. The number of rotatable bonds is 3. The smallest absolute Gasteiger partial charge is 0.127 e. The molecule has 90 valence electrons. The number of aryl methyl sites for hydroxylation is 1. The Balaban J connectivity index is 0.00000144. The van der Waals surface area contributed by atoms with Gasteiger partial charge in [0.1, 0.15) is 11.5 Å². The molecule has 0 saturated heterocycles. The largest absolute Gasteiger partial charge is 0.457 e. The quantitative estimate of drug-likeness (QED) is 0.648. The number of nitrogen functional groups attached to an aromatic ring is 1. The molecule has 0 amide bonds. The van der Waals surface area contributed by atoms with Crippen molar-refractivity contribution in [3.8, 4) is 11.5 Å². The van der Waals surface area contributed by atoms with Gasteiger partial charge in [-0.15, -0.1) is 12.4 Å². The maximum absolute atomic E-state index is 5.66. The highest BCUT2D eigenvalue weighted by Crippen LogP contribution is 2.22. The summed E-state index contributed by atoms with van der Waals surface area (Å²) in [5.74, 6) is 6.91. The molecule has 0 heterocycles. The first-order valence-electron chi connectivity index (χ1n) is 5.09. The van der Waals surface area contributed by atoms with Crippen LogP contribution in [0.25, 0.3) is 0 Å². The van der Waals surface area contributed by atoms with Crippen LogP contribution in [0, 0.1) is 6.92 Å². The van der Waals surface area contributed by atoms with Gasteiger partial charge in [-0.3, -0.25) is 5.84 Å². The van der Waals surface area contributed by atoms with E-state index in [4.69, 9.17) is 10.6 Å². The lowest BCUT2D eigenvalue weighted by Gasteiger charge is -2.06. The molecular weight excluding hydrogens is 236 g/mol. The van der Waals surface area contributed by atoms with Crippen molar-refractivity contribution < 1.29 is 4.74 Å².